The van der Waals surface area contributed by atoms with Crippen molar-refractivity contribution in [2.45, 2.75) is 59.0 Å². The lowest BCUT2D eigenvalue weighted by molar-refractivity contribution is -0.123. The van der Waals surface area contributed by atoms with Gasteiger partial charge in [-0.25, -0.2) is 0 Å². The van der Waals surface area contributed by atoms with Gasteiger partial charge in [0.05, 0.1) is 11.7 Å². The molecule has 0 bridgehead atoms. The first kappa shape index (κ1) is 20.6. The van der Waals surface area contributed by atoms with E-state index >= 15 is 0 Å². The van der Waals surface area contributed by atoms with Crippen LogP contribution in [0.1, 0.15) is 63.2 Å². The third-order valence-electron chi connectivity index (χ3n) is 5.39. The van der Waals surface area contributed by atoms with Gasteiger partial charge in [-0.3, -0.25) is 9.59 Å². The van der Waals surface area contributed by atoms with Crippen LogP contribution in [0.15, 0.2) is 18.2 Å². The maximum atomic E-state index is 13.0. The molecule has 2 saturated heterocycles. The molecule has 1 aromatic carbocycles. The molecular formula is C22H33N3O3. The molecule has 6 nitrogen and oxygen atoms in total. The van der Waals surface area contributed by atoms with Crippen LogP contribution in [0.3, 0.4) is 0 Å². The number of nitrogens with zero attached hydrogens (tertiary/aromatic N) is 1. The molecular weight excluding hydrogens is 354 g/mol. The number of carbonyl (C=O) groups is 2. The Morgan fingerprint density at radius 1 is 1.14 bits per heavy atom. The van der Waals surface area contributed by atoms with E-state index in [1.54, 1.807) is 6.07 Å². The molecule has 0 aliphatic carbocycles. The van der Waals surface area contributed by atoms with Crippen LogP contribution in [-0.4, -0.2) is 44.2 Å². The van der Waals surface area contributed by atoms with E-state index in [4.69, 9.17) is 4.74 Å². The van der Waals surface area contributed by atoms with E-state index in [1.807, 2.05) is 32.9 Å². The summed E-state index contributed by atoms with van der Waals surface area (Å²) in [5.74, 6) is -0.174. The van der Waals surface area contributed by atoms with E-state index in [2.05, 4.69) is 15.5 Å². The van der Waals surface area contributed by atoms with Crippen LogP contribution in [0, 0.1) is 5.41 Å². The lowest BCUT2D eigenvalue weighted by Gasteiger charge is -2.31. The number of carbonyl (C=O) groups excluding carboxylic acids is 2. The highest BCUT2D eigenvalue weighted by molar-refractivity contribution is 6.02. The maximum absolute atomic E-state index is 13.0. The minimum Gasteiger partial charge on any atom is -0.376 e. The minimum atomic E-state index is -0.492. The van der Waals surface area contributed by atoms with E-state index in [0.29, 0.717) is 17.8 Å². The first-order valence-corrected chi connectivity index (χ1v) is 10.4. The maximum Gasteiger partial charge on any atom is 0.253 e. The molecule has 2 aliphatic heterocycles. The summed E-state index contributed by atoms with van der Waals surface area (Å²) in [5.41, 5.74) is 1.72. The van der Waals surface area contributed by atoms with Crippen molar-refractivity contribution in [1.29, 1.82) is 0 Å². The number of hydrogen-bond donors (Lipinski definition) is 2. The molecule has 1 aromatic rings. The molecule has 0 saturated carbocycles. The zero-order chi connectivity index (χ0) is 20.1. The fraction of sp³-hybridized carbons (Fsp3) is 0.636. The molecule has 28 heavy (non-hydrogen) atoms. The summed E-state index contributed by atoms with van der Waals surface area (Å²) < 4.78 is 5.62. The van der Waals surface area contributed by atoms with Gasteiger partial charge in [0.15, 0.2) is 0 Å². The van der Waals surface area contributed by atoms with Gasteiger partial charge in [0.25, 0.3) is 5.91 Å². The number of rotatable bonds is 5. The summed E-state index contributed by atoms with van der Waals surface area (Å²) in [5, 5.41) is 5.97. The highest BCUT2D eigenvalue weighted by Gasteiger charge is 2.24. The van der Waals surface area contributed by atoms with Crippen molar-refractivity contribution in [3.63, 3.8) is 0 Å². The van der Waals surface area contributed by atoms with Gasteiger partial charge in [-0.15, -0.1) is 0 Å². The first-order valence-electron chi connectivity index (χ1n) is 10.4. The van der Waals surface area contributed by atoms with Crippen LogP contribution in [0.5, 0.6) is 0 Å². The highest BCUT2D eigenvalue weighted by atomic mass is 16.5. The summed E-state index contributed by atoms with van der Waals surface area (Å²) in [7, 11) is 0. The van der Waals surface area contributed by atoms with Gasteiger partial charge in [-0.05, 0) is 50.3 Å². The molecule has 2 amide bonds. The lowest BCUT2D eigenvalue weighted by atomic mass is 9.95. The van der Waals surface area contributed by atoms with E-state index in [1.165, 1.54) is 6.42 Å². The molecule has 2 aliphatic rings. The average molecular weight is 388 g/mol. The van der Waals surface area contributed by atoms with Crippen LogP contribution >= 0.6 is 0 Å². The number of piperidine rings is 1. The van der Waals surface area contributed by atoms with Gasteiger partial charge in [-0.1, -0.05) is 20.8 Å². The predicted octanol–water partition coefficient (Wildman–Crippen LogP) is 3.57. The lowest BCUT2D eigenvalue weighted by Crippen LogP contribution is -2.35. The summed E-state index contributed by atoms with van der Waals surface area (Å²) in [6, 6.07) is 5.66. The standard InChI is InChI=1S/C22H33N3O3/c1-22(2,3)21(27)24-16-9-10-19(25-11-5-4-6-12-25)18(14-16)20(26)23-15-17-8-7-13-28-17/h9-10,14,17H,4-8,11-13,15H2,1-3H3,(H,23,26)(H,24,27)/t17-/m1/s1. The number of amides is 2. The summed E-state index contributed by atoms with van der Waals surface area (Å²) in [6.45, 7) is 8.84. The second-order valence-electron chi connectivity index (χ2n) is 8.83. The van der Waals surface area contributed by atoms with Crippen LogP contribution in [-0.2, 0) is 9.53 Å². The molecule has 0 aromatic heterocycles. The van der Waals surface area contributed by atoms with Gasteiger partial charge in [0.1, 0.15) is 0 Å². The molecule has 2 heterocycles. The van der Waals surface area contributed by atoms with Crippen LogP contribution in [0.2, 0.25) is 0 Å². The van der Waals surface area contributed by atoms with E-state index in [-0.39, 0.29) is 17.9 Å². The van der Waals surface area contributed by atoms with Gasteiger partial charge in [-0.2, -0.15) is 0 Å². The Morgan fingerprint density at radius 2 is 1.89 bits per heavy atom. The fourth-order valence-corrected chi connectivity index (χ4v) is 3.63. The van der Waals surface area contributed by atoms with Gasteiger partial charge < -0.3 is 20.3 Å². The Hall–Kier alpha value is -2.08. The van der Waals surface area contributed by atoms with Crippen LogP contribution in [0.25, 0.3) is 0 Å². The molecule has 154 valence electrons. The molecule has 0 unspecified atom stereocenters. The number of nitrogens with one attached hydrogen (secondary N) is 2. The topological polar surface area (TPSA) is 70.7 Å². The number of anilines is 2. The zero-order valence-electron chi connectivity index (χ0n) is 17.3. The largest absolute Gasteiger partial charge is 0.376 e. The molecule has 1 atom stereocenters. The summed E-state index contributed by atoms with van der Waals surface area (Å²) in [4.78, 5) is 27.6. The molecule has 0 radical (unpaired) electrons. The van der Waals surface area contributed by atoms with Crippen LogP contribution in [0.4, 0.5) is 11.4 Å². The second-order valence-corrected chi connectivity index (χ2v) is 8.83. The quantitative estimate of drug-likeness (QED) is 0.810. The van der Waals surface area contributed by atoms with E-state index < -0.39 is 5.41 Å². The summed E-state index contributed by atoms with van der Waals surface area (Å²) >= 11 is 0. The third kappa shape index (κ3) is 5.25. The zero-order valence-corrected chi connectivity index (χ0v) is 17.3. The SMILES string of the molecule is CC(C)(C)C(=O)Nc1ccc(N2CCCCC2)c(C(=O)NC[C@H]2CCCO2)c1. The fourth-order valence-electron chi connectivity index (χ4n) is 3.63. The smallest absolute Gasteiger partial charge is 0.253 e. The van der Waals surface area contributed by atoms with Gasteiger partial charge in [0, 0.05) is 43.0 Å². The molecule has 2 N–H and O–H groups in total. The Bertz CT molecular complexity index is 699. The van der Waals surface area contributed by atoms with Gasteiger partial charge in [0.2, 0.25) is 5.91 Å². The second kappa shape index (κ2) is 8.95. The van der Waals surface area contributed by atoms with Crippen molar-refractivity contribution in [2.24, 2.45) is 5.41 Å². The van der Waals surface area contributed by atoms with E-state index in [0.717, 1.165) is 51.1 Å². The third-order valence-corrected chi connectivity index (χ3v) is 5.39. The Kier molecular flexibility index (Phi) is 6.60. The molecule has 3 rings (SSSR count). The monoisotopic (exact) mass is 387 g/mol. The normalized spacial score (nSPS) is 20.1. The van der Waals surface area contributed by atoms with Crippen molar-refractivity contribution in [1.82, 2.24) is 5.32 Å². The number of hydrogen-bond acceptors (Lipinski definition) is 4. The number of ether oxygens (including phenoxy) is 1. The number of benzene rings is 1. The minimum absolute atomic E-state index is 0.0658. The molecule has 6 heteroatoms. The average Bonchev–Trinajstić information content (AvgIpc) is 3.19. The van der Waals surface area contributed by atoms with E-state index in [9.17, 15) is 9.59 Å². The molecule has 2 fully saturated rings. The van der Waals surface area contributed by atoms with Crippen molar-refractivity contribution < 1.29 is 14.3 Å². The highest BCUT2D eigenvalue weighted by Crippen LogP contribution is 2.28. The Balaban J connectivity index is 1.80. The summed E-state index contributed by atoms with van der Waals surface area (Å²) in [6.07, 6.45) is 5.65. The van der Waals surface area contributed by atoms with Crippen molar-refractivity contribution in [3.05, 3.63) is 23.8 Å². The first-order chi connectivity index (χ1) is 13.3. The van der Waals surface area contributed by atoms with Crippen molar-refractivity contribution in [2.75, 3.05) is 36.5 Å². The molecule has 0 spiro atoms. The Morgan fingerprint density at radius 3 is 2.54 bits per heavy atom. The van der Waals surface area contributed by atoms with Crippen LogP contribution < -0.4 is 15.5 Å². The van der Waals surface area contributed by atoms with Gasteiger partial charge >= 0.3 is 0 Å². The van der Waals surface area contributed by atoms with Crippen molar-refractivity contribution >= 4 is 23.2 Å². The van der Waals surface area contributed by atoms with Crippen molar-refractivity contribution in [3.8, 4) is 0 Å². The predicted molar refractivity (Wildman–Crippen MR) is 112 cm³/mol. The Labute approximate surface area is 168 Å².